The lowest BCUT2D eigenvalue weighted by atomic mass is 10.2. The standard InChI is InChI=1S/C19H22Cl2N2O4S/c1-3-14-7-9-15(10-8-14)27-12-11-22-18(24)13-23(28(2,25)26)17-6-4-5-16(20)19(17)21/h4-10H,3,11-13H2,1-2H3,(H,22,24). The molecule has 0 saturated carbocycles. The van der Waals surface area contributed by atoms with E-state index in [2.05, 4.69) is 12.2 Å². The lowest BCUT2D eigenvalue weighted by Gasteiger charge is -2.23. The van der Waals surface area contributed by atoms with Crippen LogP contribution in [0.1, 0.15) is 12.5 Å². The normalized spacial score (nSPS) is 11.1. The summed E-state index contributed by atoms with van der Waals surface area (Å²) in [5.41, 5.74) is 1.36. The van der Waals surface area contributed by atoms with Crippen molar-refractivity contribution in [3.05, 3.63) is 58.1 Å². The van der Waals surface area contributed by atoms with Crippen LogP contribution in [0.25, 0.3) is 0 Å². The molecule has 2 aromatic rings. The number of hydrogen-bond acceptors (Lipinski definition) is 4. The third-order valence-corrected chi connectivity index (χ3v) is 5.85. The van der Waals surface area contributed by atoms with Crippen LogP contribution in [0.15, 0.2) is 42.5 Å². The molecule has 0 spiro atoms. The summed E-state index contributed by atoms with van der Waals surface area (Å²) in [6.07, 6.45) is 1.95. The van der Waals surface area contributed by atoms with Gasteiger partial charge in [0, 0.05) is 0 Å². The molecule has 9 heteroatoms. The number of benzene rings is 2. The topological polar surface area (TPSA) is 75.7 Å². The maximum atomic E-state index is 12.2. The third-order valence-electron chi connectivity index (χ3n) is 3.91. The summed E-state index contributed by atoms with van der Waals surface area (Å²) in [4.78, 5) is 12.2. The van der Waals surface area contributed by atoms with E-state index in [1.807, 2.05) is 24.3 Å². The minimum Gasteiger partial charge on any atom is -0.492 e. The van der Waals surface area contributed by atoms with Crippen molar-refractivity contribution in [3.63, 3.8) is 0 Å². The van der Waals surface area contributed by atoms with E-state index in [1.54, 1.807) is 6.07 Å². The summed E-state index contributed by atoms with van der Waals surface area (Å²) in [5.74, 6) is 0.223. The Morgan fingerprint density at radius 2 is 1.82 bits per heavy atom. The highest BCUT2D eigenvalue weighted by atomic mass is 35.5. The maximum absolute atomic E-state index is 12.2. The second kappa shape index (κ2) is 10.0. The van der Waals surface area contributed by atoms with Crippen LogP contribution in [0.5, 0.6) is 5.75 Å². The Balaban J connectivity index is 1.92. The Hall–Kier alpha value is -1.96. The summed E-state index contributed by atoms with van der Waals surface area (Å²) >= 11 is 12.1. The SMILES string of the molecule is CCc1ccc(OCCNC(=O)CN(c2cccc(Cl)c2Cl)S(C)(=O)=O)cc1. The first-order valence-corrected chi connectivity index (χ1v) is 11.2. The van der Waals surface area contributed by atoms with Crippen molar-refractivity contribution in [1.82, 2.24) is 5.32 Å². The average Bonchev–Trinajstić information content (AvgIpc) is 2.65. The van der Waals surface area contributed by atoms with Gasteiger partial charge in [-0.3, -0.25) is 9.10 Å². The zero-order valence-electron chi connectivity index (χ0n) is 15.6. The number of carbonyl (C=O) groups is 1. The van der Waals surface area contributed by atoms with Gasteiger partial charge in [-0.2, -0.15) is 0 Å². The Morgan fingerprint density at radius 3 is 2.43 bits per heavy atom. The molecule has 0 atom stereocenters. The number of nitrogens with zero attached hydrogens (tertiary/aromatic N) is 1. The molecule has 0 heterocycles. The average molecular weight is 445 g/mol. The highest BCUT2D eigenvalue weighted by Crippen LogP contribution is 2.33. The Labute approximate surface area is 175 Å². The Morgan fingerprint density at radius 1 is 1.14 bits per heavy atom. The van der Waals surface area contributed by atoms with E-state index in [4.69, 9.17) is 27.9 Å². The van der Waals surface area contributed by atoms with Crippen molar-refractivity contribution in [1.29, 1.82) is 0 Å². The van der Waals surface area contributed by atoms with E-state index < -0.39 is 22.5 Å². The van der Waals surface area contributed by atoms with Crippen molar-refractivity contribution in [2.45, 2.75) is 13.3 Å². The molecule has 0 bridgehead atoms. The van der Waals surface area contributed by atoms with Gasteiger partial charge < -0.3 is 10.1 Å². The number of ether oxygens (including phenoxy) is 1. The summed E-state index contributed by atoms with van der Waals surface area (Å²) in [6, 6.07) is 12.3. The van der Waals surface area contributed by atoms with Crippen molar-refractivity contribution < 1.29 is 17.9 Å². The molecule has 1 N–H and O–H groups in total. The molecule has 28 heavy (non-hydrogen) atoms. The number of halogens is 2. The highest BCUT2D eigenvalue weighted by molar-refractivity contribution is 7.92. The molecule has 1 amide bonds. The van der Waals surface area contributed by atoms with Gasteiger partial charge in [0.15, 0.2) is 0 Å². The minimum atomic E-state index is -3.73. The lowest BCUT2D eigenvalue weighted by molar-refractivity contribution is -0.119. The number of sulfonamides is 1. The van der Waals surface area contributed by atoms with E-state index in [1.165, 1.54) is 17.7 Å². The number of aryl methyl sites for hydroxylation is 1. The van der Waals surface area contributed by atoms with Gasteiger partial charge >= 0.3 is 0 Å². The van der Waals surface area contributed by atoms with E-state index in [9.17, 15) is 13.2 Å². The Bertz CT molecular complexity index is 918. The van der Waals surface area contributed by atoms with Gasteiger partial charge in [-0.15, -0.1) is 0 Å². The number of nitrogens with one attached hydrogen (secondary N) is 1. The van der Waals surface area contributed by atoms with Gasteiger partial charge in [0.1, 0.15) is 18.9 Å². The zero-order chi connectivity index (χ0) is 20.7. The molecule has 0 unspecified atom stereocenters. The largest absolute Gasteiger partial charge is 0.492 e. The number of anilines is 1. The van der Waals surface area contributed by atoms with Crippen LogP contribution in [-0.4, -0.2) is 40.3 Å². The van der Waals surface area contributed by atoms with Crippen LogP contribution in [0.3, 0.4) is 0 Å². The van der Waals surface area contributed by atoms with Crippen LogP contribution in [0.4, 0.5) is 5.69 Å². The van der Waals surface area contributed by atoms with Gasteiger partial charge in [0.2, 0.25) is 15.9 Å². The second-order valence-electron chi connectivity index (χ2n) is 6.04. The van der Waals surface area contributed by atoms with Gasteiger partial charge in [0.25, 0.3) is 0 Å². The third kappa shape index (κ3) is 6.29. The van der Waals surface area contributed by atoms with Crippen molar-refractivity contribution in [2.75, 3.05) is 30.3 Å². The molecule has 0 saturated heterocycles. The minimum absolute atomic E-state index is 0.0706. The first-order valence-electron chi connectivity index (χ1n) is 8.62. The van der Waals surface area contributed by atoms with Gasteiger partial charge in [-0.05, 0) is 36.2 Å². The van der Waals surface area contributed by atoms with Crippen LogP contribution in [-0.2, 0) is 21.2 Å². The molecule has 152 valence electrons. The fourth-order valence-electron chi connectivity index (χ4n) is 2.43. The van der Waals surface area contributed by atoms with Gasteiger partial charge in [0.05, 0.1) is 28.5 Å². The van der Waals surface area contributed by atoms with Gasteiger partial charge in [-0.25, -0.2) is 8.42 Å². The quantitative estimate of drug-likeness (QED) is 0.600. The summed E-state index contributed by atoms with van der Waals surface area (Å²) in [5, 5.41) is 2.91. The first kappa shape index (κ1) is 22.3. The van der Waals surface area contributed by atoms with Crippen molar-refractivity contribution in [3.8, 4) is 5.75 Å². The molecule has 0 aromatic heterocycles. The zero-order valence-corrected chi connectivity index (χ0v) is 17.9. The highest BCUT2D eigenvalue weighted by Gasteiger charge is 2.23. The summed E-state index contributed by atoms with van der Waals surface area (Å²) in [6.45, 7) is 2.15. The van der Waals surface area contributed by atoms with Crippen molar-refractivity contribution in [2.24, 2.45) is 0 Å². The van der Waals surface area contributed by atoms with E-state index in [-0.39, 0.29) is 28.9 Å². The van der Waals surface area contributed by atoms with Crippen LogP contribution < -0.4 is 14.4 Å². The smallest absolute Gasteiger partial charge is 0.240 e. The number of amides is 1. The number of carbonyl (C=O) groups excluding carboxylic acids is 1. The predicted octanol–water partition coefficient (Wildman–Crippen LogP) is 3.52. The van der Waals surface area contributed by atoms with Crippen LogP contribution in [0, 0.1) is 0 Å². The second-order valence-corrected chi connectivity index (χ2v) is 8.73. The van der Waals surface area contributed by atoms with E-state index in [0.29, 0.717) is 5.75 Å². The predicted molar refractivity (Wildman–Crippen MR) is 113 cm³/mol. The van der Waals surface area contributed by atoms with E-state index >= 15 is 0 Å². The fraction of sp³-hybridized carbons (Fsp3) is 0.316. The number of rotatable bonds is 9. The molecule has 0 aliphatic heterocycles. The first-order chi connectivity index (χ1) is 13.2. The van der Waals surface area contributed by atoms with Crippen LogP contribution in [0.2, 0.25) is 10.0 Å². The van der Waals surface area contributed by atoms with Gasteiger partial charge in [-0.1, -0.05) is 48.3 Å². The molecule has 2 aromatic carbocycles. The maximum Gasteiger partial charge on any atom is 0.240 e. The lowest BCUT2D eigenvalue weighted by Crippen LogP contribution is -2.41. The molecule has 0 fully saturated rings. The molecular weight excluding hydrogens is 423 g/mol. The molecule has 6 nitrogen and oxygen atoms in total. The van der Waals surface area contributed by atoms with E-state index in [0.717, 1.165) is 17.0 Å². The van der Waals surface area contributed by atoms with Crippen LogP contribution >= 0.6 is 23.2 Å². The molecule has 0 aliphatic carbocycles. The molecule has 0 radical (unpaired) electrons. The fourth-order valence-corrected chi connectivity index (χ4v) is 3.74. The summed E-state index contributed by atoms with van der Waals surface area (Å²) in [7, 11) is -3.73. The Kier molecular flexibility index (Phi) is 7.98. The summed E-state index contributed by atoms with van der Waals surface area (Å²) < 4.78 is 30.7. The molecule has 2 rings (SSSR count). The molecule has 0 aliphatic rings. The molecular formula is C19H22Cl2N2O4S. The number of hydrogen-bond donors (Lipinski definition) is 1. The monoisotopic (exact) mass is 444 g/mol. The van der Waals surface area contributed by atoms with Crippen molar-refractivity contribution >= 4 is 44.8 Å².